The molecule has 178 valence electrons. The lowest BCUT2D eigenvalue weighted by atomic mass is 9.97. The van der Waals surface area contributed by atoms with Crippen LogP contribution >= 0.6 is 11.6 Å². The summed E-state index contributed by atoms with van der Waals surface area (Å²) < 4.78 is 72.8. The highest BCUT2D eigenvalue weighted by atomic mass is 35.5. The van der Waals surface area contributed by atoms with Crippen molar-refractivity contribution in [3.05, 3.63) is 88.3 Å². The zero-order valence-electron chi connectivity index (χ0n) is 17.8. The van der Waals surface area contributed by atoms with Gasteiger partial charge >= 0.3 is 6.18 Å². The van der Waals surface area contributed by atoms with Crippen LogP contribution in [-0.2, 0) is 13.2 Å². The zero-order chi connectivity index (χ0) is 25.2. The average molecular weight is 505 g/mol. The Labute approximate surface area is 199 Å². The third-order valence-electron chi connectivity index (χ3n) is 5.70. The lowest BCUT2D eigenvalue weighted by Crippen LogP contribution is -2.09. The van der Waals surface area contributed by atoms with Crippen LogP contribution in [0.1, 0.15) is 21.6 Å². The molecule has 0 fully saturated rings. The Hall–Kier alpha value is -3.92. The van der Waals surface area contributed by atoms with Gasteiger partial charge in [-0.1, -0.05) is 17.7 Å². The Morgan fingerprint density at radius 3 is 2.43 bits per heavy atom. The molecule has 11 heteroatoms. The largest absolute Gasteiger partial charge is 0.417 e. The van der Waals surface area contributed by atoms with E-state index in [1.807, 2.05) is 0 Å². The van der Waals surface area contributed by atoms with E-state index in [1.165, 1.54) is 45.7 Å². The first-order valence-electron chi connectivity index (χ1n) is 10.1. The Morgan fingerprint density at radius 1 is 1.09 bits per heavy atom. The molecule has 3 heterocycles. The number of fused-ring (bicyclic) bond motifs is 2. The van der Waals surface area contributed by atoms with E-state index < -0.39 is 34.8 Å². The number of carbonyl (C=O) groups is 1. The number of ketones is 1. The van der Waals surface area contributed by atoms with Crippen LogP contribution in [0.25, 0.3) is 27.5 Å². The fourth-order valence-electron chi connectivity index (χ4n) is 4.13. The third kappa shape index (κ3) is 3.61. The fraction of sp³-hybridized carbons (Fsp3) is 0.0833. The number of aromatic nitrogens is 3. The van der Waals surface area contributed by atoms with Crippen LogP contribution in [0.2, 0.25) is 5.02 Å². The second-order valence-electron chi connectivity index (χ2n) is 7.92. The molecule has 0 saturated heterocycles. The summed E-state index contributed by atoms with van der Waals surface area (Å²) in [5.74, 6) is -2.94. The topological polar surface area (TPSA) is 65.3 Å². The van der Waals surface area contributed by atoms with Crippen LogP contribution in [0.15, 0.2) is 54.9 Å². The minimum absolute atomic E-state index is 0.0161. The monoisotopic (exact) mass is 504 g/mol. The summed E-state index contributed by atoms with van der Waals surface area (Å²) >= 11 is 6.49. The van der Waals surface area contributed by atoms with Crippen LogP contribution < -0.4 is 5.73 Å². The van der Waals surface area contributed by atoms with Crippen LogP contribution in [0, 0.1) is 11.6 Å². The van der Waals surface area contributed by atoms with Crippen LogP contribution in [0.3, 0.4) is 0 Å². The van der Waals surface area contributed by atoms with E-state index in [2.05, 4.69) is 5.10 Å². The number of rotatable bonds is 3. The van der Waals surface area contributed by atoms with Crippen molar-refractivity contribution in [3.63, 3.8) is 0 Å². The number of nitrogens with zero attached hydrogens (tertiary/aromatic N) is 3. The van der Waals surface area contributed by atoms with E-state index in [1.54, 1.807) is 7.05 Å². The Kier molecular flexibility index (Phi) is 5.10. The second kappa shape index (κ2) is 7.81. The molecular formula is C24H14ClF5N4O. The zero-order valence-corrected chi connectivity index (χ0v) is 18.5. The van der Waals surface area contributed by atoms with Crippen LogP contribution in [0.5, 0.6) is 0 Å². The summed E-state index contributed by atoms with van der Waals surface area (Å²) in [5.41, 5.74) is 3.41. The van der Waals surface area contributed by atoms with Crippen molar-refractivity contribution in [2.24, 2.45) is 7.05 Å². The predicted octanol–water partition coefficient (Wildman–Crippen LogP) is 6.26. The molecule has 0 unspecified atom stereocenters. The van der Waals surface area contributed by atoms with Crippen molar-refractivity contribution in [2.75, 3.05) is 5.73 Å². The van der Waals surface area contributed by atoms with Gasteiger partial charge in [-0.15, -0.1) is 0 Å². The molecule has 0 saturated carbocycles. The molecule has 5 nitrogen and oxygen atoms in total. The number of halogens is 6. The Bertz CT molecular complexity index is 1650. The number of nitrogens with two attached hydrogens (primary N) is 1. The van der Waals surface area contributed by atoms with Crippen molar-refractivity contribution in [3.8, 4) is 11.1 Å². The van der Waals surface area contributed by atoms with Crippen molar-refractivity contribution < 1.29 is 26.7 Å². The molecular weight excluding hydrogens is 491 g/mol. The molecule has 5 rings (SSSR count). The van der Waals surface area contributed by atoms with E-state index in [4.69, 9.17) is 17.3 Å². The molecule has 35 heavy (non-hydrogen) atoms. The highest BCUT2D eigenvalue weighted by molar-refractivity contribution is 6.38. The normalized spacial score (nSPS) is 12.1. The summed E-state index contributed by atoms with van der Waals surface area (Å²) in [4.78, 5) is 13.0. The fourth-order valence-corrected chi connectivity index (χ4v) is 4.48. The van der Waals surface area contributed by atoms with Crippen molar-refractivity contribution >= 4 is 39.5 Å². The van der Waals surface area contributed by atoms with Crippen molar-refractivity contribution in [1.82, 2.24) is 14.2 Å². The Morgan fingerprint density at radius 2 is 1.77 bits per heavy atom. The van der Waals surface area contributed by atoms with E-state index in [0.29, 0.717) is 5.39 Å². The summed E-state index contributed by atoms with van der Waals surface area (Å²) in [6.07, 6.45) is -1.78. The molecule has 0 radical (unpaired) electrons. The van der Waals surface area contributed by atoms with Gasteiger partial charge in [-0.2, -0.15) is 18.3 Å². The standard InChI is InChI=1S/C24H14ClF5N4O/c1-33-10-13-17(32-33)9-14(24(28,29)30)20(21(13)25)12-3-2-6-34-18(12)4-5-19(34)23(35)11-7-15(26)22(31)16(27)8-11/h2-10H,31H2,1H3. The van der Waals surface area contributed by atoms with E-state index >= 15 is 0 Å². The summed E-state index contributed by atoms with van der Waals surface area (Å²) in [7, 11) is 1.57. The van der Waals surface area contributed by atoms with Gasteiger partial charge in [0.2, 0.25) is 5.78 Å². The average Bonchev–Trinajstić information content (AvgIpc) is 3.39. The Balaban J connectivity index is 1.75. The lowest BCUT2D eigenvalue weighted by molar-refractivity contribution is -0.137. The van der Waals surface area contributed by atoms with Crippen molar-refractivity contribution in [2.45, 2.75) is 6.18 Å². The van der Waals surface area contributed by atoms with Gasteiger partial charge in [0, 0.05) is 41.5 Å². The molecule has 5 aromatic rings. The maximum absolute atomic E-state index is 14.1. The maximum Gasteiger partial charge on any atom is 0.417 e. The smallest absolute Gasteiger partial charge is 0.394 e. The molecule has 0 aliphatic heterocycles. The SMILES string of the molecule is Cn1cc2c(Cl)c(-c3cccn4c(C(=O)c5cc(F)c(N)c(F)c5)ccc34)c(C(F)(F)F)cc2n1. The number of anilines is 1. The molecule has 0 atom stereocenters. The molecule has 0 amide bonds. The first-order valence-corrected chi connectivity index (χ1v) is 10.5. The van der Waals surface area contributed by atoms with Gasteiger partial charge in [0.05, 0.1) is 27.3 Å². The van der Waals surface area contributed by atoms with Gasteiger partial charge in [0.15, 0.2) is 0 Å². The summed E-state index contributed by atoms with van der Waals surface area (Å²) in [6, 6.07) is 8.23. The predicted molar refractivity (Wildman–Crippen MR) is 121 cm³/mol. The van der Waals surface area contributed by atoms with Crippen LogP contribution in [0.4, 0.5) is 27.6 Å². The molecule has 2 aromatic carbocycles. The van der Waals surface area contributed by atoms with E-state index in [9.17, 15) is 26.7 Å². The number of pyridine rings is 1. The highest BCUT2D eigenvalue weighted by Gasteiger charge is 2.36. The maximum atomic E-state index is 14.1. The minimum Gasteiger partial charge on any atom is -0.394 e. The molecule has 2 N–H and O–H groups in total. The number of nitrogen functional groups attached to an aromatic ring is 1. The van der Waals surface area contributed by atoms with Gasteiger partial charge in [-0.3, -0.25) is 9.48 Å². The number of benzene rings is 2. The van der Waals surface area contributed by atoms with Crippen LogP contribution in [-0.4, -0.2) is 20.0 Å². The number of hydrogen-bond donors (Lipinski definition) is 1. The van der Waals surface area contributed by atoms with E-state index in [0.717, 1.165) is 18.2 Å². The lowest BCUT2D eigenvalue weighted by Gasteiger charge is -2.16. The number of alkyl halides is 3. The van der Waals surface area contributed by atoms with Gasteiger partial charge in [0.1, 0.15) is 17.3 Å². The molecule has 0 aliphatic carbocycles. The molecule has 3 aromatic heterocycles. The number of hydrogen-bond acceptors (Lipinski definition) is 3. The summed E-state index contributed by atoms with van der Waals surface area (Å²) in [6.45, 7) is 0. The van der Waals surface area contributed by atoms with E-state index in [-0.39, 0.29) is 38.4 Å². The van der Waals surface area contributed by atoms with Gasteiger partial charge in [-0.05, 0) is 36.4 Å². The highest BCUT2D eigenvalue weighted by Crippen LogP contribution is 2.45. The van der Waals surface area contributed by atoms with Gasteiger partial charge in [0.25, 0.3) is 0 Å². The first kappa shape index (κ1) is 22.9. The molecule has 0 aliphatic rings. The second-order valence-corrected chi connectivity index (χ2v) is 8.30. The number of carbonyl (C=O) groups excluding carboxylic acids is 1. The first-order chi connectivity index (χ1) is 16.5. The van der Waals surface area contributed by atoms with Crippen molar-refractivity contribution in [1.29, 1.82) is 0 Å². The minimum atomic E-state index is -4.75. The molecule has 0 bridgehead atoms. The quantitative estimate of drug-likeness (QED) is 0.179. The molecule has 0 spiro atoms. The van der Waals surface area contributed by atoms with Gasteiger partial charge < -0.3 is 10.1 Å². The third-order valence-corrected chi connectivity index (χ3v) is 6.10. The summed E-state index contributed by atoms with van der Waals surface area (Å²) in [5, 5.41) is 4.22. The number of aryl methyl sites for hydroxylation is 1. The van der Waals surface area contributed by atoms with Gasteiger partial charge in [-0.25, -0.2) is 8.78 Å².